The van der Waals surface area contributed by atoms with Crippen LogP contribution in [0.15, 0.2) is 36.7 Å². The zero-order valence-corrected chi connectivity index (χ0v) is 14.9. The summed E-state index contributed by atoms with van der Waals surface area (Å²) in [6, 6.07) is 7.08. The van der Waals surface area contributed by atoms with Crippen molar-refractivity contribution in [2.75, 3.05) is 0 Å². The second kappa shape index (κ2) is 6.07. The molecule has 0 amide bonds. The first-order chi connectivity index (χ1) is 11.2. The van der Waals surface area contributed by atoms with E-state index in [-0.39, 0.29) is 0 Å². The molecule has 5 nitrogen and oxygen atoms in total. The van der Waals surface area contributed by atoms with E-state index in [4.69, 9.17) is 27.9 Å². The molecule has 0 spiro atoms. The first-order valence-electron chi connectivity index (χ1n) is 7.27. The van der Waals surface area contributed by atoms with Crippen LogP contribution < -0.4 is 0 Å². The number of carbonyl (C=O) groups is 1. The number of aromatic nitrogens is 3. The van der Waals surface area contributed by atoms with Gasteiger partial charge >= 0.3 is 6.09 Å². The van der Waals surface area contributed by atoms with Crippen molar-refractivity contribution in [3.05, 3.63) is 47.0 Å². The predicted octanol–water partition coefficient (Wildman–Crippen LogP) is 5.19. The Labute approximate surface area is 149 Å². The summed E-state index contributed by atoms with van der Waals surface area (Å²) in [4.78, 5) is 20.6. The molecular formula is C17H15Cl2N3O2. The minimum atomic E-state index is -0.586. The van der Waals surface area contributed by atoms with Gasteiger partial charge in [0, 0.05) is 17.8 Å². The van der Waals surface area contributed by atoms with Crippen LogP contribution in [-0.4, -0.2) is 26.2 Å². The van der Waals surface area contributed by atoms with Crippen molar-refractivity contribution < 1.29 is 9.53 Å². The lowest BCUT2D eigenvalue weighted by atomic mass is 10.1. The molecule has 0 unspecified atom stereocenters. The Balaban J connectivity index is 2.11. The van der Waals surface area contributed by atoms with E-state index in [1.54, 1.807) is 24.5 Å². The Hall–Kier alpha value is -2.11. The van der Waals surface area contributed by atoms with E-state index in [0.717, 1.165) is 16.5 Å². The molecule has 24 heavy (non-hydrogen) atoms. The quantitative estimate of drug-likeness (QED) is 0.558. The molecule has 7 heteroatoms. The normalized spacial score (nSPS) is 11.7. The maximum absolute atomic E-state index is 12.3. The maximum atomic E-state index is 12.3. The van der Waals surface area contributed by atoms with E-state index in [9.17, 15) is 4.79 Å². The number of nitrogens with zero attached hydrogens (tertiary/aromatic N) is 3. The molecule has 0 bridgehead atoms. The zero-order valence-electron chi connectivity index (χ0n) is 13.4. The molecule has 0 saturated carbocycles. The second-order valence-corrected chi connectivity index (χ2v) is 7.04. The van der Waals surface area contributed by atoms with E-state index in [0.29, 0.717) is 16.0 Å². The molecule has 0 fully saturated rings. The number of fused-ring (bicyclic) bond motifs is 1. The van der Waals surface area contributed by atoms with Crippen LogP contribution in [0.5, 0.6) is 0 Å². The van der Waals surface area contributed by atoms with E-state index < -0.39 is 11.7 Å². The number of carbonyl (C=O) groups excluding carboxylic acids is 1. The lowest BCUT2D eigenvalue weighted by Gasteiger charge is -2.19. The molecule has 3 aromatic heterocycles. The Bertz CT molecular complexity index is 909. The van der Waals surface area contributed by atoms with Gasteiger partial charge in [0.2, 0.25) is 0 Å². The molecule has 0 aliphatic carbocycles. The summed E-state index contributed by atoms with van der Waals surface area (Å²) in [6.45, 7) is 5.45. The second-order valence-electron chi connectivity index (χ2n) is 6.26. The highest BCUT2D eigenvalue weighted by atomic mass is 35.5. The van der Waals surface area contributed by atoms with Gasteiger partial charge in [0.1, 0.15) is 21.6 Å². The highest BCUT2D eigenvalue weighted by molar-refractivity contribution is 6.33. The third kappa shape index (κ3) is 3.37. The standard InChI is InChI=1S/C17H15Cl2N3O2/c1-17(2,3)24-16(23)22-7-5-12-11(4-6-20-15(12)22)10-8-13(18)21-14(19)9-10/h4-9H,1-3H3. The van der Waals surface area contributed by atoms with Crippen molar-refractivity contribution in [3.63, 3.8) is 0 Å². The summed E-state index contributed by atoms with van der Waals surface area (Å²) in [5.74, 6) is 0. The van der Waals surface area contributed by atoms with E-state index in [1.807, 2.05) is 32.9 Å². The lowest BCUT2D eigenvalue weighted by Crippen LogP contribution is -2.26. The van der Waals surface area contributed by atoms with Crippen molar-refractivity contribution in [2.45, 2.75) is 26.4 Å². The highest BCUT2D eigenvalue weighted by Crippen LogP contribution is 2.31. The van der Waals surface area contributed by atoms with Gasteiger partial charge in [-0.15, -0.1) is 0 Å². The van der Waals surface area contributed by atoms with Crippen LogP contribution in [0.4, 0.5) is 4.79 Å². The van der Waals surface area contributed by atoms with Crippen LogP contribution in [0.3, 0.4) is 0 Å². The summed E-state index contributed by atoms with van der Waals surface area (Å²) >= 11 is 12.0. The van der Waals surface area contributed by atoms with Crippen molar-refractivity contribution in [3.8, 4) is 11.1 Å². The number of ether oxygens (including phenoxy) is 1. The van der Waals surface area contributed by atoms with Crippen LogP contribution in [0.25, 0.3) is 22.2 Å². The Morgan fingerprint density at radius 2 is 1.83 bits per heavy atom. The van der Waals surface area contributed by atoms with Gasteiger partial charge in [0.05, 0.1) is 0 Å². The van der Waals surface area contributed by atoms with Gasteiger partial charge in [0.15, 0.2) is 0 Å². The first-order valence-corrected chi connectivity index (χ1v) is 8.03. The summed E-state index contributed by atoms with van der Waals surface area (Å²) in [7, 11) is 0. The summed E-state index contributed by atoms with van der Waals surface area (Å²) in [5, 5.41) is 1.39. The fourth-order valence-electron chi connectivity index (χ4n) is 2.37. The molecule has 0 radical (unpaired) electrons. The lowest BCUT2D eigenvalue weighted by molar-refractivity contribution is 0.0543. The van der Waals surface area contributed by atoms with Crippen molar-refractivity contribution in [1.82, 2.24) is 14.5 Å². The van der Waals surface area contributed by atoms with Gasteiger partial charge in [0.25, 0.3) is 0 Å². The summed E-state index contributed by atoms with van der Waals surface area (Å²) in [6.07, 6.45) is 2.79. The van der Waals surface area contributed by atoms with Gasteiger partial charge in [-0.1, -0.05) is 23.2 Å². The minimum absolute atomic E-state index is 0.300. The third-order valence-corrected chi connectivity index (χ3v) is 3.64. The van der Waals surface area contributed by atoms with Gasteiger partial charge in [-0.25, -0.2) is 19.3 Å². The van der Waals surface area contributed by atoms with Crippen molar-refractivity contribution in [1.29, 1.82) is 0 Å². The molecule has 3 aromatic rings. The summed E-state index contributed by atoms with van der Waals surface area (Å²) in [5.41, 5.74) is 1.57. The molecule has 124 valence electrons. The number of pyridine rings is 2. The van der Waals surface area contributed by atoms with Crippen molar-refractivity contribution >= 4 is 40.3 Å². The summed E-state index contributed by atoms with van der Waals surface area (Å²) < 4.78 is 6.79. The van der Waals surface area contributed by atoms with Crippen LogP contribution in [0, 0.1) is 0 Å². The van der Waals surface area contributed by atoms with Crippen LogP contribution in [0.1, 0.15) is 20.8 Å². The molecule has 3 heterocycles. The number of hydrogen-bond donors (Lipinski definition) is 0. The SMILES string of the molecule is CC(C)(C)OC(=O)n1ccc2c(-c3cc(Cl)nc(Cl)c3)ccnc21. The minimum Gasteiger partial charge on any atom is -0.443 e. The zero-order chi connectivity index (χ0) is 17.5. The maximum Gasteiger partial charge on any atom is 0.420 e. The molecule has 0 saturated heterocycles. The molecule has 0 N–H and O–H groups in total. The Morgan fingerprint density at radius 3 is 2.46 bits per heavy atom. The van der Waals surface area contributed by atoms with Gasteiger partial charge < -0.3 is 4.74 Å². The van der Waals surface area contributed by atoms with E-state index in [2.05, 4.69) is 9.97 Å². The Kier molecular flexibility index (Phi) is 4.24. The average Bonchev–Trinajstić information content (AvgIpc) is 2.88. The monoisotopic (exact) mass is 363 g/mol. The fraction of sp³-hybridized carbons (Fsp3) is 0.235. The Morgan fingerprint density at radius 1 is 1.17 bits per heavy atom. The molecular weight excluding hydrogens is 349 g/mol. The number of halogens is 2. The first kappa shape index (κ1) is 16.7. The molecule has 0 aromatic carbocycles. The topological polar surface area (TPSA) is 57.0 Å². The average molecular weight is 364 g/mol. The molecule has 3 rings (SSSR count). The fourth-order valence-corrected chi connectivity index (χ4v) is 2.83. The molecule has 0 aliphatic rings. The van der Waals surface area contributed by atoms with Gasteiger partial charge in [-0.2, -0.15) is 0 Å². The number of rotatable bonds is 1. The van der Waals surface area contributed by atoms with E-state index in [1.165, 1.54) is 4.57 Å². The largest absolute Gasteiger partial charge is 0.443 e. The van der Waals surface area contributed by atoms with Crippen LogP contribution in [-0.2, 0) is 4.74 Å². The van der Waals surface area contributed by atoms with Crippen LogP contribution in [0.2, 0.25) is 10.3 Å². The highest BCUT2D eigenvalue weighted by Gasteiger charge is 2.20. The van der Waals surface area contributed by atoms with Crippen molar-refractivity contribution in [2.24, 2.45) is 0 Å². The molecule has 0 aliphatic heterocycles. The van der Waals surface area contributed by atoms with Gasteiger partial charge in [-0.05, 0) is 56.2 Å². The third-order valence-electron chi connectivity index (χ3n) is 3.25. The van der Waals surface area contributed by atoms with E-state index >= 15 is 0 Å². The smallest absolute Gasteiger partial charge is 0.420 e. The predicted molar refractivity (Wildman–Crippen MR) is 94.6 cm³/mol. The van der Waals surface area contributed by atoms with Gasteiger partial charge in [-0.3, -0.25) is 0 Å². The van der Waals surface area contributed by atoms with Crippen LogP contribution >= 0.6 is 23.2 Å². The molecule has 0 atom stereocenters. The number of hydrogen-bond acceptors (Lipinski definition) is 4.